The van der Waals surface area contributed by atoms with Crippen molar-refractivity contribution in [2.75, 3.05) is 0 Å². The fraction of sp³-hybridized carbons (Fsp3) is 0.583. The molecule has 0 nitrogen and oxygen atoms in total. The first-order valence-electron chi connectivity index (χ1n) is 4.82. The summed E-state index contributed by atoms with van der Waals surface area (Å²) in [6, 6.07) is 0. The maximum atomic E-state index is 3.77. The Morgan fingerprint density at radius 2 is 1.62 bits per heavy atom. The molecule has 0 aromatic carbocycles. The molecule has 81 valence electrons. The molecule has 0 spiro atoms. The van der Waals surface area contributed by atoms with Crippen LogP contribution in [0.2, 0.25) is 0 Å². The van der Waals surface area contributed by atoms with Crippen LogP contribution >= 0.6 is 0 Å². The van der Waals surface area contributed by atoms with E-state index >= 15 is 0 Å². The molecule has 1 radical (unpaired) electrons. The molecule has 0 amide bonds. The van der Waals surface area contributed by atoms with Crippen LogP contribution in [0.1, 0.15) is 46.0 Å². The first kappa shape index (κ1) is 18.8. The Hall–Kier alpha value is 0.104. The Labute approximate surface area is 95.1 Å². The molecule has 0 aliphatic heterocycles. The summed E-state index contributed by atoms with van der Waals surface area (Å²) in [6.07, 6.45) is 7.47. The maximum absolute atomic E-state index is 3.77. The van der Waals surface area contributed by atoms with E-state index in [4.69, 9.17) is 0 Å². The number of allylic oxidation sites excluding steroid dienone is 2. The van der Waals surface area contributed by atoms with Crippen LogP contribution in [-0.4, -0.2) is 0 Å². The molecule has 13 heavy (non-hydrogen) atoms. The average molecular weight is 226 g/mol. The normalized spacial score (nSPS) is 9.69. The van der Waals surface area contributed by atoms with Crippen molar-refractivity contribution in [3.8, 4) is 0 Å². The van der Waals surface area contributed by atoms with E-state index in [1.807, 2.05) is 6.08 Å². The Morgan fingerprint density at radius 3 is 1.69 bits per heavy atom. The maximum Gasteiger partial charge on any atom is 3.00 e. The van der Waals surface area contributed by atoms with Gasteiger partial charge < -0.3 is 13.8 Å². The molecule has 0 saturated carbocycles. The summed E-state index contributed by atoms with van der Waals surface area (Å²) in [5.74, 6) is 0. The van der Waals surface area contributed by atoms with Crippen LogP contribution in [0.15, 0.2) is 11.6 Å². The van der Waals surface area contributed by atoms with Gasteiger partial charge in [0.1, 0.15) is 0 Å². The molecule has 0 saturated heterocycles. The second-order valence-electron chi connectivity index (χ2n) is 2.72. The first-order chi connectivity index (χ1) is 5.76. The summed E-state index contributed by atoms with van der Waals surface area (Å²) >= 11 is 0. The third kappa shape index (κ3) is 18.8. The van der Waals surface area contributed by atoms with Crippen molar-refractivity contribution in [3.63, 3.8) is 0 Å². The Kier molecular flexibility index (Phi) is 26.0. The van der Waals surface area contributed by atoms with Crippen molar-refractivity contribution in [2.45, 2.75) is 46.0 Å². The molecule has 0 aromatic heterocycles. The average Bonchev–Trinajstić information content (AvgIpc) is 2.14. The van der Waals surface area contributed by atoms with E-state index < -0.39 is 0 Å². The van der Waals surface area contributed by atoms with E-state index in [2.05, 4.69) is 34.6 Å². The molecule has 0 bridgehead atoms. The molecular weight excluding hydrogens is 203 g/mol. The van der Waals surface area contributed by atoms with Crippen LogP contribution in [0.4, 0.5) is 0 Å². The predicted octanol–water partition coefficient (Wildman–Crippen LogP) is 4.39. The summed E-state index contributed by atoms with van der Waals surface area (Å²) in [5, 5.41) is 0. The van der Waals surface area contributed by atoms with Gasteiger partial charge >= 0.3 is 16.5 Å². The third-order valence-electron chi connectivity index (χ3n) is 1.53. The van der Waals surface area contributed by atoms with E-state index in [-0.39, 0.29) is 16.5 Å². The van der Waals surface area contributed by atoms with Gasteiger partial charge in [0.25, 0.3) is 0 Å². The van der Waals surface area contributed by atoms with Gasteiger partial charge in [-0.15, -0.1) is 6.42 Å². The van der Waals surface area contributed by atoms with Gasteiger partial charge in [-0.1, -0.05) is 26.7 Å². The van der Waals surface area contributed by atoms with E-state index in [0.29, 0.717) is 0 Å². The fourth-order valence-electron chi connectivity index (χ4n) is 0.650. The van der Waals surface area contributed by atoms with Crippen LogP contribution in [0.3, 0.4) is 0 Å². The van der Waals surface area contributed by atoms with Crippen LogP contribution in [-0.2, 0) is 16.5 Å². The van der Waals surface area contributed by atoms with Crippen molar-refractivity contribution in [2.24, 2.45) is 0 Å². The Balaban J connectivity index is -0.000000173. The molecule has 0 unspecified atom stereocenters. The van der Waals surface area contributed by atoms with Crippen molar-refractivity contribution >= 4 is 0 Å². The molecule has 0 rings (SSSR count). The number of hydrogen-bond acceptors (Lipinski definition) is 0. The predicted molar refractivity (Wildman–Crippen MR) is 58.6 cm³/mol. The Bertz CT molecular complexity index is 93.3. The Morgan fingerprint density at radius 1 is 1.15 bits per heavy atom. The van der Waals surface area contributed by atoms with Gasteiger partial charge in [0.15, 0.2) is 0 Å². The summed E-state index contributed by atoms with van der Waals surface area (Å²) in [7, 11) is 0. The summed E-state index contributed by atoms with van der Waals surface area (Å²) in [5.41, 5.74) is 1.37. The van der Waals surface area contributed by atoms with Gasteiger partial charge in [-0.3, -0.25) is 0 Å². The van der Waals surface area contributed by atoms with E-state index in [0.717, 1.165) is 19.3 Å². The van der Waals surface area contributed by atoms with Crippen molar-refractivity contribution in [1.82, 2.24) is 0 Å². The van der Waals surface area contributed by atoms with Gasteiger partial charge in [-0.05, 0) is 0 Å². The minimum absolute atomic E-state index is 0. The monoisotopic (exact) mass is 225 g/mol. The number of hydrogen-bond donors (Lipinski definition) is 0. The van der Waals surface area contributed by atoms with Crippen LogP contribution in [0.25, 0.3) is 0 Å². The molecule has 0 fully saturated rings. The second-order valence-corrected chi connectivity index (χ2v) is 2.72. The van der Waals surface area contributed by atoms with E-state index in [9.17, 15) is 0 Å². The number of unbranched alkanes of at least 4 members (excludes halogenated alkanes) is 1. The van der Waals surface area contributed by atoms with Gasteiger partial charge in [0.05, 0.1) is 0 Å². The third-order valence-corrected chi connectivity index (χ3v) is 1.53. The molecule has 0 N–H and O–H groups in total. The first-order valence-corrected chi connectivity index (χ1v) is 4.82. The van der Waals surface area contributed by atoms with Crippen LogP contribution in [0.5, 0.6) is 0 Å². The smallest absolute Gasteiger partial charge is 0.356 e. The zero-order valence-corrected chi connectivity index (χ0v) is 10.0. The van der Waals surface area contributed by atoms with Gasteiger partial charge in [0.2, 0.25) is 0 Å². The zero-order valence-electron chi connectivity index (χ0n) is 9.05. The zero-order chi connectivity index (χ0) is 9.82. The van der Waals surface area contributed by atoms with Gasteiger partial charge in [0, 0.05) is 0 Å². The minimum Gasteiger partial charge on any atom is -0.356 e. The van der Waals surface area contributed by atoms with Crippen molar-refractivity contribution < 1.29 is 16.5 Å². The summed E-state index contributed by atoms with van der Waals surface area (Å²) < 4.78 is 0. The largest absolute Gasteiger partial charge is 3.00 e. The number of rotatable bonds is 4. The standard InChI is InChI=1S/C8H14.C4H9.Ni/c1-4-7-8(5-2)6-3;1-3-4-2;/h5H,2-4,6-7H2,1H3;1,3-4H2,2H3;/q-2;-1;+3. The van der Waals surface area contributed by atoms with Crippen molar-refractivity contribution in [1.29, 1.82) is 0 Å². The van der Waals surface area contributed by atoms with Crippen molar-refractivity contribution in [3.05, 3.63) is 32.4 Å². The fourth-order valence-corrected chi connectivity index (χ4v) is 0.650. The molecular formula is C12H23Ni. The molecule has 0 aromatic rings. The van der Waals surface area contributed by atoms with Gasteiger partial charge in [-0.25, -0.2) is 25.0 Å². The SMILES string of the molecule is [CH2-]C=C(C[CH2-])CCC.[CH2-]CCC.[Ni+3]. The second kappa shape index (κ2) is 18.0. The summed E-state index contributed by atoms with van der Waals surface area (Å²) in [6.45, 7) is 15.3. The molecule has 0 aliphatic carbocycles. The molecule has 0 heterocycles. The van der Waals surface area contributed by atoms with E-state index in [1.165, 1.54) is 18.4 Å². The van der Waals surface area contributed by atoms with Gasteiger partial charge in [-0.2, -0.15) is 6.42 Å². The molecule has 0 atom stereocenters. The van der Waals surface area contributed by atoms with Crippen LogP contribution in [0, 0.1) is 20.8 Å². The quantitative estimate of drug-likeness (QED) is 0.492. The minimum atomic E-state index is 0. The van der Waals surface area contributed by atoms with Crippen LogP contribution < -0.4 is 0 Å². The topological polar surface area (TPSA) is 0 Å². The van der Waals surface area contributed by atoms with E-state index in [1.54, 1.807) is 0 Å². The molecule has 0 aliphatic rings. The molecule has 1 heteroatoms. The summed E-state index contributed by atoms with van der Waals surface area (Å²) in [4.78, 5) is 0.